The van der Waals surface area contributed by atoms with Gasteiger partial charge in [0.05, 0.1) is 0 Å². The summed E-state index contributed by atoms with van der Waals surface area (Å²) in [7, 11) is 0. The Kier molecular flexibility index (Phi) is 5.11. The van der Waals surface area contributed by atoms with Crippen molar-refractivity contribution in [3.8, 4) is 5.75 Å². The summed E-state index contributed by atoms with van der Waals surface area (Å²) in [5, 5.41) is 6.12. The summed E-state index contributed by atoms with van der Waals surface area (Å²) in [4.78, 5) is 12.3. The third kappa shape index (κ3) is 4.11. The Labute approximate surface area is 141 Å². The van der Waals surface area contributed by atoms with Crippen molar-refractivity contribution in [2.24, 2.45) is 11.8 Å². The Morgan fingerprint density at radius 1 is 1.29 bits per heavy atom. The summed E-state index contributed by atoms with van der Waals surface area (Å²) in [5.41, 5.74) is 1.60. The molecule has 5 heteroatoms. The molecule has 0 bridgehead atoms. The first-order chi connectivity index (χ1) is 11.6. The van der Waals surface area contributed by atoms with Crippen molar-refractivity contribution >= 4 is 11.6 Å². The quantitative estimate of drug-likeness (QED) is 0.856. The number of carbonyl (C=O) groups excluding carboxylic acids is 1. The summed E-state index contributed by atoms with van der Waals surface area (Å²) >= 11 is 0. The minimum atomic E-state index is -0.265. The monoisotopic (exact) mass is 328 g/mol. The first-order valence-corrected chi connectivity index (χ1v) is 8.11. The zero-order valence-electron chi connectivity index (χ0n) is 13.6. The molecular weight excluding hydrogens is 307 g/mol. The molecule has 24 heavy (non-hydrogen) atoms. The Bertz CT molecular complexity index is 699. The summed E-state index contributed by atoms with van der Waals surface area (Å²) < 4.78 is 18.6. The van der Waals surface area contributed by atoms with Crippen molar-refractivity contribution in [2.75, 3.05) is 18.4 Å². The fraction of sp³-hybridized carbons (Fsp3) is 0.316. The van der Waals surface area contributed by atoms with E-state index in [9.17, 15) is 9.18 Å². The standard InChI is InChI=1S/C19H21FN2O2/c1-13(15-10-21-11-15)19(23)22-17-3-2-4-18(9-17)24-12-14-5-7-16(20)8-6-14/h2-9,13,15,21H,10-12H2,1H3,(H,22,23). The minimum Gasteiger partial charge on any atom is -0.489 e. The molecule has 1 heterocycles. The Morgan fingerprint density at radius 3 is 2.71 bits per heavy atom. The molecule has 0 saturated carbocycles. The van der Waals surface area contributed by atoms with E-state index in [1.165, 1.54) is 12.1 Å². The van der Waals surface area contributed by atoms with Crippen LogP contribution in [0.4, 0.5) is 10.1 Å². The van der Waals surface area contributed by atoms with Gasteiger partial charge in [0, 0.05) is 17.7 Å². The van der Waals surface area contributed by atoms with E-state index in [0.717, 1.165) is 24.3 Å². The lowest BCUT2D eigenvalue weighted by Gasteiger charge is -2.31. The van der Waals surface area contributed by atoms with E-state index in [2.05, 4.69) is 10.6 Å². The molecule has 2 N–H and O–H groups in total. The number of halogens is 1. The molecule has 2 aromatic rings. The van der Waals surface area contributed by atoms with Gasteiger partial charge in [-0.25, -0.2) is 4.39 Å². The van der Waals surface area contributed by atoms with Crippen molar-refractivity contribution in [3.63, 3.8) is 0 Å². The van der Waals surface area contributed by atoms with Crippen LogP contribution in [0.2, 0.25) is 0 Å². The van der Waals surface area contributed by atoms with Gasteiger partial charge in [-0.3, -0.25) is 4.79 Å². The number of benzene rings is 2. The number of anilines is 1. The molecule has 1 saturated heterocycles. The summed E-state index contributed by atoms with van der Waals surface area (Å²) in [6.45, 7) is 4.10. The van der Waals surface area contributed by atoms with Crippen LogP contribution in [0.5, 0.6) is 5.75 Å². The van der Waals surface area contributed by atoms with E-state index in [1.54, 1.807) is 18.2 Å². The highest BCUT2D eigenvalue weighted by atomic mass is 19.1. The number of hydrogen-bond acceptors (Lipinski definition) is 3. The number of amides is 1. The van der Waals surface area contributed by atoms with E-state index in [4.69, 9.17) is 4.74 Å². The molecule has 1 unspecified atom stereocenters. The fourth-order valence-electron chi connectivity index (χ4n) is 2.55. The average Bonchev–Trinajstić information content (AvgIpc) is 2.53. The van der Waals surface area contributed by atoms with Gasteiger partial charge in [-0.15, -0.1) is 0 Å². The van der Waals surface area contributed by atoms with Crippen molar-refractivity contribution in [3.05, 3.63) is 59.9 Å². The first kappa shape index (κ1) is 16.5. The third-order valence-electron chi connectivity index (χ3n) is 4.35. The molecule has 1 aliphatic heterocycles. The summed E-state index contributed by atoms with van der Waals surface area (Å²) in [5.74, 6) is 0.810. The molecule has 0 aromatic heterocycles. The minimum absolute atomic E-state index is 0.0185. The second-order valence-electron chi connectivity index (χ2n) is 6.14. The molecule has 2 aromatic carbocycles. The zero-order valence-corrected chi connectivity index (χ0v) is 13.6. The van der Waals surface area contributed by atoms with Crippen LogP contribution in [-0.4, -0.2) is 19.0 Å². The predicted octanol–water partition coefficient (Wildman–Crippen LogP) is 3.20. The van der Waals surface area contributed by atoms with E-state index in [0.29, 0.717) is 18.3 Å². The second kappa shape index (κ2) is 7.45. The molecule has 4 nitrogen and oxygen atoms in total. The first-order valence-electron chi connectivity index (χ1n) is 8.11. The van der Waals surface area contributed by atoms with Gasteiger partial charge in [0.2, 0.25) is 5.91 Å². The maximum Gasteiger partial charge on any atom is 0.227 e. The Morgan fingerprint density at radius 2 is 2.04 bits per heavy atom. The maximum absolute atomic E-state index is 12.9. The Hall–Kier alpha value is -2.40. The molecule has 0 aliphatic carbocycles. The fourth-order valence-corrected chi connectivity index (χ4v) is 2.55. The molecule has 1 fully saturated rings. The van der Waals surface area contributed by atoms with E-state index in [1.807, 2.05) is 25.1 Å². The maximum atomic E-state index is 12.9. The molecule has 0 spiro atoms. The number of nitrogens with one attached hydrogen (secondary N) is 2. The van der Waals surface area contributed by atoms with Crippen molar-refractivity contribution in [2.45, 2.75) is 13.5 Å². The second-order valence-corrected chi connectivity index (χ2v) is 6.14. The molecule has 1 aliphatic rings. The van der Waals surface area contributed by atoms with Gasteiger partial charge in [-0.2, -0.15) is 0 Å². The van der Waals surface area contributed by atoms with Crippen molar-refractivity contribution in [1.29, 1.82) is 0 Å². The summed E-state index contributed by atoms with van der Waals surface area (Å²) in [6, 6.07) is 13.5. The lowest BCUT2D eigenvalue weighted by atomic mass is 9.88. The van der Waals surface area contributed by atoms with E-state index < -0.39 is 0 Å². The van der Waals surface area contributed by atoms with Crippen LogP contribution in [0.3, 0.4) is 0 Å². The van der Waals surface area contributed by atoms with Gasteiger partial charge in [0.1, 0.15) is 18.2 Å². The lowest BCUT2D eigenvalue weighted by Crippen LogP contribution is -2.48. The summed E-state index contributed by atoms with van der Waals surface area (Å²) in [6.07, 6.45) is 0. The van der Waals surface area contributed by atoms with Crippen LogP contribution < -0.4 is 15.4 Å². The van der Waals surface area contributed by atoms with Crippen LogP contribution in [0.25, 0.3) is 0 Å². The third-order valence-corrected chi connectivity index (χ3v) is 4.35. The molecule has 1 atom stereocenters. The lowest BCUT2D eigenvalue weighted by molar-refractivity contribution is -0.121. The largest absolute Gasteiger partial charge is 0.489 e. The molecule has 1 amide bonds. The van der Waals surface area contributed by atoms with Crippen LogP contribution in [0.15, 0.2) is 48.5 Å². The topological polar surface area (TPSA) is 50.4 Å². The van der Waals surface area contributed by atoms with Gasteiger partial charge in [0.25, 0.3) is 0 Å². The van der Waals surface area contributed by atoms with Crippen molar-refractivity contribution in [1.82, 2.24) is 5.32 Å². The van der Waals surface area contributed by atoms with Gasteiger partial charge in [-0.1, -0.05) is 25.1 Å². The molecular formula is C19H21FN2O2. The predicted molar refractivity (Wildman–Crippen MR) is 91.3 cm³/mol. The highest BCUT2D eigenvalue weighted by Crippen LogP contribution is 2.22. The van der Waals surface area contributed by atoms with Gasteiger partial charge in [-0.05, 0) is 48.8 Å². The molecule has 126 valence electrons. The van der Waals surface area contributed by atoms with Gasteiger partial charge in [0.15, 0.2) is 0 Å². The van der Waals surface area contributed by atoms with Crippen LogP contribution >= 0.6 is 0 Å². The highest BCUT2D eigenvalue weighted by molar-refractivity contribution is 5.92. The number of hydrogen-bond donors (Lipinski definition) is 2. The SMILES string of the molecule is CC(C(=O)Nc1cccc(OCc2ccc(F)cc2)c1)C1CNC1. The number of ether oxygens (including phenoxy) is 1. The van der Waals surface area contributed by atoms with Gasteiger partial charge < -0.3 is 15.4 Å². The number of rotatable bonds is 6. The Balaban J connectivity index is 1.57. The smallest absolute Gasteiger partial charge is 0.227 e. The van der Waals surface area contributed by atoms with Crippen molar-refractivity contribution < 1.29 is 13.9 Å². The van der Waals surface area contributed by atoms with E-state index in [-0.39, 0.29) is 17.6 Å². The number of carbonyl (C=O) groups is 1. The van der Waals surface area contributed by atoms with Crippen LogP contribution in [0, 0.1) is 17.7 Å². The average molecular weight is 328 g/mol. The highest BCUT2D eigenvalue weighted by Gasteiger charge is 2.28. The molecule has 0 radical (unpaired) electrons. The van der Waals surface area contributed by atoms with Crippen LogP contribution in [-0.2, 0) is 11.4 Å². The van der Waals surface area contributed by atoms with E-state index >= 15 is 0 Å². The molecule has 3 rings (SSSR count). The van der Waals surface area contributed by atoms with Crippen LogP contribution in [0.1, 0.15) is 12.5 Å². The normalized spacial score (nSPS) is 15.4. The van der Waals surface area contributed by atoms with Gasteiger partial charge >= 0.3 is 0 Å². The zero-order chi connectivity index (χ0) is 16.9.